The van der Waals surface area contributed by atoms with Crippen LogP contribution in [0.15, 0.2) is 59.1 Å². The van der Waals surface area contributed by atoms with E-state index >= 15 is 0 Å². The molecule has 2 aromatic carbocycles. The molecule has 0 unspecified atom stereocenters. The molecule has 0 spiro atoms. The minimum Gasteiger partial charge on any atom is -0.480 e. The van der Waals surface area contributed by atoms with Gasteiger partial charge in [0.2, 0.25) is 5.91 Å². The lowest BCUT2D eigenvalue weighted by Gasteiger charge is -2.15. The van der Waals surface area contributed by atoms with E-state index in [4.69, 9.17) is 0 Å². The van der Waals surface area contributed by atoms with E-state index < -0.39 is 23.8 Å². The van der Waals surface area contributed by atoms with Crippen LogP contribution in [0.5, 0.6) is 0 Å². The molecule has 6 nitrogen and oxygen atoms in total. The number of aliphatic carboxylic acids is 1. The first-order chi connectivity index (χ1) is 12.0. The van der Waals surface area contributed by atoms with Gasteiger partial charge in [0, 0.05) is 16.5 Å². The maximum absolute atomic E-state index is 11.9. The van der Waals surface area contributed by atoms with Gasteiger partial charge in [-0.25, -0.2) is 4.79 Å². The summed E-state index contributed by atoms with van der Waals surface area (Å²) in [6, 6.07) is 14.6. The van der Waals surface area contributed by atoms with Crippen molar-refractivity contribution in [3.05, 3.63) is 70.2 Å². The molecule has 130 valence electrons. The summed E-state index contributed by atoms with van der Waals surface area (Å²) in [4.78, 5) is 35.2. The number of benzene rings is 2. The van der Waals surface area contributed by atoms with Crippen LogP contribution in [0.4, 0.5) is 0 Å². The van der Waals surface area contributed by atoms with Crippen LogP contribution in [-0.4, -0.2) is 35.5 Å². The van der Waals surface area contributed by atoms with Crippen molar-refractivity contribution in [3.8, 4) is 0 Å². The maximum Gasteiger partial charge on any atom is 0.326 e. The minimum absolute atomic E-state index is 0.154. The zero-order valence-electron chi connectivity index (χ0n) is 13.2. The lowest BCUT2D eigenvalue weighted by atomic mass is 10.1. The highest BCUT2D eigenvalue weighted by Crippen LogP contribution is 2.12. The van der Waals surface area contributed by atoms with Gasteiger partial charge in [-0.05, 0) is 29.8 Å². The molecule has 0 bridgehead atoms. The van der Waals surface area contributed by atoms with Crippen LogP contribution in [0, 0.1) is 0 Å². The summed E-state index contributed by atoms with van der Waals surface area (Å²) in [7, 11) is 0. The second-order valence-electron chi connectivity index (χ2n) is 5.34. The molecular formula is C18H17BrN2O4. The number of amides is 2. The average Bonchev–Trinajstić information content (AvgIpc) is 2.61. The molecule has 3 N–H and O–H groups in total. The van der Waals surface area contributed by atoms with Crippen LogP contribution >= 0.6 is 15.9 Å². The third-order valence-electron chi connectivity index (χ3n) is 3.43. The first-order valence-corrected chi connectivity index (χ1v) is 8.35. The summed E-state index contributed by atoms with van der Waals surface area (Å²) in [5.41, 5.74) is 1.21. The highest BCUT2D eigenvalue weighted by Gasteiger charge is 2.20. The molecule has 2 rings (SSSR count). The van der Waals surface area contributed by atoms with E-state index in [1.807, 2.05) is 0 Å². The highest BCUT2D eigenvalue weighted by atomic mass is 79.9. The quantitative estimate of drug-likeness (QED) is 0.657. The minimum atomic E-state index is -1.13. The number of halogens is 1. The normalized spacial score (nSPS) is 11.4. The second-order valence-corrected chi connectivity index (χ2v) is 6.25. The summed E-state index contributed by atoms with van der Waals surface area (Å²) in [5, 5.41) is 14.2. The smallest absolute Gasteiger partial charge is 0.326 e. The van der Waals surface area contributed by atoms with Gasteiger partial charge >= 0.3 is 5.97 Å². The Labute approximate surface area is 153 Å². The predicted molar refractivity (Wildman–Crippen MR) is 96.2 cm³/mol. The van der Waals surface area contributed by atoms with E-state index in [0.717, 1.165) is 10.0 Å². The van der Waals surface area contributed by atoms with Crippen molar-refractivity contribution in [2.45, 2.75) is 12.5 Å². The van der Waals surface area contributed by atoms with Gasteiger partial charge in [-0.15, -0.1) is 0 Å². The van der Waals surface area contributed by atoms with Crippen molar-refractivity contribution in [1.82, 2.24) is 10.6 Å². The van der Waals surface area contributed by atoms with E-state index in [1.165, 1.54) is 0 Å². The Morgan fingerprint density at radius 3 is 2.24 bits per heavy atom. The zero-order chi connectivity index (χ0) is 18.2. The predicted octanol–water partition coefficient (Wildman–Crippen LogP) is 1.99. The molecule has 0 aromatic heterocycles. The lowest BCUT2D eigenvalue weighted by molar-refractivity contribution is -0.141. The van der Waals surface area contributed by atoms with Gasteiger partial charge in [-0.2, -0.15) is 0 Å². The molecule has 0 aliphatic carbocycles. The fourth-order valence-corrected chi connectivity index (χ4v) is 2.42. The average molecular weight is 405 g/mol. The number of carboxylic acid groups (broad SMARTS) is 1. The number of rotatable bonds is 7. The summed E-state index contributed by atoms with van der Waals surface area (Å²) in [5.74, 6) is -2.09. The molecule has 1 atom stereocenters. The standard InChI is InChI=1S/C18H17BrN2O4/c19-14-8-6-12(7-9-14)10-15(18(24)25)21-16(22)11-20-17(23)13-4-2-1-3-5-13/h1-9,15H,10-11H2,(H,20,23)(H,21,22)(H,24,25)/t15-/m0/s1. The first-order valence-electron chi connectivity index (χ1n) is 7.55. The first kappa shape index (κ1) is 18.7. The van der Waals surface area contributed by atoms with Gasteiger partial charge < -0.3 is 15.7 Å². The van der Waals surface area contributed by atoms with Crippen LogP contribution in [0.25, 0.3) is 0 Å². The third-order valence-corrected chi connectivity index (χ3v) is 3.96. The van der Waals surface area contributed by atoms with Gasteiger partial charge in [0.15, 0.2) is 0 Å². The molecule has 0 aliphatic rings. The van der Waals surface area contributed by atoms with Crippen LogP contribution < -0.4 is 10.6 Å². The van der Waals surface area contributed by atoms with Crippen molar-refractivity contribution in [2.24, 2.45) is 0 Å². The Morgan fingerprint density at radius 2 is 1.64 bits per heavy atom. The number of carbonyl (C=O) groups excluding carboxylic acids is 2. The molecule has 0 heterocycles. The number of nitrogens with one attached hydrogen (secondary N) is 2. The van der Waals surface area contributed by atoms with Crippen molar-refractivity contribution < 1.29 is 19.5 Å². The maximum atomic E-state index is 11.9. The van der Waals surface area contributed by atoms with Crippen LogP contribution in [-0.2, 0) is 16.0 Å². The van der Waals surface area contributed by atoms with E-state index in [1.54, 1.807) is 54.6 Å². The third kappa shape index (κ3) is 6.04. The molecule has 7 heteroatoms. The monoisotopic (exact) mass is 404 g/mol. The Balaban J connectivity index is 1.88. The molecule has 2 amide bonds. The molecule has 0 aliphatic heterocycles. The summed E-state index contributed by atoms with van der Waals surface area (Å²) < 4.78 is 0.885. The van der Waals surface area contributed by atoms with Crippen molar-refractivity contribution in [2.75, 3.05) is 6.54 Å². The Kier molecular flexibility index (Phi) is 6.71. The van der Waals surface area contributed by atoms with Crippen molar-refractivity contribution >= 4 is 33.7 Å². The van der Waals surface area contributed by atoms with Gasteiger partial charge in [-0.1, -0.05) is 46.3 Å². The molecule has 0 fully saturated rings. The van der Waals surface area contributed by atoms with Crippen molar-refractivity contribution in [1.29, 1.82) is 0 Å². The summed E-state index contributed by atoms with van der Waals surface area (Å²) in [6.45, 7) is -0.294. The zero-order valence-corrected chi connectivity index (χ0v) is 14.8. The highest BCUT2D eigenvalue weighted by molar-refractivity contribution is 9.10. The molecule has 2 aromatic rings. The number of hydrogen-bond donors (Lipinski definition) is 3. The van der Waals surface area contributed by atoms with Gasteiger partial charge in [0.25, 0.3) is 5.91 Å². The van der Waals surface area contributed by atoms with Crippen LogP contribution in [0.1, 0.15) is 15.9 Å². The van der Waals surface area contributed by atoms with Crippen LogP contribution in [0.2, 0.25) is 0 Å². The molecule has 0 saturated heterocycles. The Hall–Kier alpha value is -2.67. The van der Waals surface area contributed by atoms with E-state index in [9.17, 15) is 19.5 Å². The fraction of sp³-hybridized carbons (Fsp3) is 0.167. The lowest BCUT2D eigenvalue weighted by Crippen LogP contribution is -2.46. The van der Waals surface area contributed by atoms with Gasteiger partial charge in [0.05, 0.1) is 6.54 Å². The summed E-state index contributed by atoms with van der Waals surface area (Å²) in [6.07, 6.45) is 0.154. The van der Waals surface area contributed by atoms with Gasteiger partial charge in [0.1, 0.15) is 6.04 Å². The Bertz CT molecular complexity index is 747. The van der Waals surface area contributed by atoms with Crippen LogP contribution in [0.3, 0.4) is 0 Å². The number of carbonyl (C=O) groups is 3. The van der Waals surface area contributed by atoms with E-state index in [0.29, 0.717) is 5.56 Å². The Morgan fingerprint density at radius 1 is 1.00 bits per heavy atom. The molecule has 25 heavy (non-hydrogen) atoms. The molecular weight excluding hydrogens is 388 g/mol. The van der Waals surface area contributed by atoms with Gasteiger partial charge in [-0.3, -0.25) is 9.59 Å². The van der Waals surface area contributed by atoms with Crippen molar-refractivity contribution in [3.63, 3.8) is 0 Å². The topological polar surface area (TPSA) is 95.5 Å². The SMILES string of the molecule is O=C(CNC(=O)c1ccccc1)N[C@@H](Cc1ccc(Br)cc1)C(=O)O. The molecule has 0 saturated carbocycles. The fourth-order valence-electron chi connectivity index (χ4n) is 2.15. The van der Waals surface area contributed by atoms with E-state index in [2.05, 4.69) is 26.6 Å². The second kappa shape index (κ2) is 8.98. The number of hydrogen-bond acceptors (Lipinski definition) is 3. The largest absolute Gasteiger partial charge is 0.480 e. The molecule has 0 radical (unpaired) electrons. The van der Waals surface area contributed by atoms with E-state index in [-0.39, 0.29) is 13.0 Å². The summed E-state index contributed by atoms with van der Waals surface area (Å²) >= 11 is 3.31. The number of carboxylic acids is 1.